The molecule has 0 spiro atoms. The molecule has 1 aliphatic rings. The Morgan fingerprint density at radius 2 is 0.643 bits per heavy atom. The molecule has 0 aliphatic heterocycles. The van der Waals surface area contributed by atoms with Crippen molar-refractivity contribution in [2.24, 2.45) is 0 Å². The van der Waals surface area contributed by atoms with Crippen LogP contribution in [0.2, 0.25) is 0 Å². The third kappa shape index (κ3) is 7.12. The number of rotatable bonds is 1. The van der Waals surface area contributed by atoms with Gasteiger partial charge in [-0.15, -0.1) is 0 Å². The largest absolute Gasteiger partial charge is 0.0778 e. The Labute approximate surface area is 176 Å². The van der Waals surface area contributed by atoms with E-state index >= 15 is 0 Å². The molecule has 2 rings (SSSR count). The Morgan fingerprint density at radius 1 is 0.393 bits per heavy atom. The van der Waals surface area contributed by atoms with Gasteiger partial charge in [0.15, 0.2) is 0 Å². The summed E-state index contributed by atoms with van der Waals surface area (Å²) in [5.41, 5.74) is 17.9. The van der Waals surface area contributed by atoms with Gasteiger partial charge in [0.25, 0.3) is 0 Å². The van der Waals surface area contributed by atoms with E-state index in [1.165, 1.54) is 57.4 Å². The van der Waals surface area contributed by atoms with E-state index in [9.17, 15) is 0 Å². The second-order valence-electron chi connectivity index (χ2n) is 9.21. The number of benzene rings is 1. The summed E-state index contributed by atoms with van der Waals surface area (Å²) in [4.78, 5) is 0. The maximum Gasteiger partial charge on any atom is -0.0232 e. The highest BCUT2D eigenvalue weighted by molar-refractivity contribution is 5.54. The lowest BCUT2D eigenvalue weighted by molar-refractivity contribution is 0.807. The minimum Gasteiger partial charge on any atom is -0.0778 e. The molecule has 0 radical (unpaired) electrons. The van der Waals surface area contributed by atoms with E-state index in [-0.39, 0.29) is 0 Å². The van der Waals surface area contributed by atoms with E-state index in [4.69, 9.17) is 0 Å². The molecule has 0 atom stereocenters. The fourth-order valence-corrected chi connectivity index (χ4v) is 2.97. The van der Waals surface area contributed by atoms with Crippen molar-refractivity contribution in [1.29, 1.82) is 0 Å². The quantitative estimate of drug-likeness (QED) is 0.335. The molecule has 0 saturated heterocycles. The normalized spacial score (nSPS) is 10.9. The van der Waals surface area contributed by atoms with Crippen LogP contribution in [0.1, 0.15) is 103 Å². The molecule has 0 nitrogen and oxygen atoms in total. The van der Waals surface area contributed by atoms with Gasteiger partial charge >= 0.3 is 0 Å². The van der Waals surface area contributed by atoms with Crippen LogP contribution < -0.4 is 0 Å². The Kier molecular flexibility index (Phi) is 10.8. The first kappa shape index (κ1) is 26.4. The summed E-state index contributed by atoms with van der Waals surface area (Å²) in [6, 6.07) is 0. The SMILES string of the molecule is CC(C)=C(C)C.CC(C)=C(C)C(C)=C(C)C.Cc1c(C)c(C)c2c(c1C)CC2. The number of allylic oxidation sites excluding steroid dienone is 6. The molecule has 28 heavy (non-hydrogen) atoms. The standard InChI is InChI=1S/C12H16.C10H18.C6H12/c1-7-8(2)10(4)12-6-5-11(12)9(7)3;1-7(2)9(5)10(6)8(3)4;1-5(2)6(3)4/h5-6H2,1-4H3;1-6H3;1-4H3. The van der Waals surface area contributed by atoms with Crippen molar-refractivity contribution >= 4 is 0 Å². The van der Waals surface area contributed by atoms with E-state index in [1.807, 2.05) is 0 Å². The lowest BCUT2D eigenvalue weighted by Gasteiger charge is -2.27. The lowest BCUT2D eigenvalue weighted by Crippen LogP contribution is -2.15. The smallest absolute Gasteiger partial charge is 0.0232 e. The molecule has 1 aromatic rings. The van der Waals surface area contributed by atoms with Crippen molar-refractivity contribution in [3.05, 3.63) is 66.8 Å². The minimum absolute atomic E-state index is 1.31. The third-order valence-electron chi connectivity index (χ3n) is 6.64. The average molecular weight is 383 g/mol. The van der Waals surface area contributed by atoms with Crippen LogP contribution in [0.25, 0.3) is 0 Å². The van der Waals surface area contributed by atoms with Crippen LogP contribution in [-0.2, 0) is 12.8 Å². The summed E-state index contributed by atoms with van der Waals surface area (Å²) >= 11 is 0. The Morgan fingerprint density at radius 3 is 0.786 bits per heavy atom. The van der Waals surface area contributed by atoms with Gasteiger partial charge in [0.2, 0.25) is 0 Å². The van der Waals surface area contributed by atoms with Gasteiger partial charge in [-0.1, -0.05) is 22.3 Å². The van der Waals surface area contributed by atoms with Crippen molar-refractivity contribution in [1.82, 2.24) is 0 Å². The lowest BCUT2D eigenvalue weighted by atomic mass is 9.78. The molecule has 0 amide bonds. The molecular weight excluding hydrogens is 336 g/mol. The maximum atomic E-state index is 2.26. The highest BCUT2D eigenvalue weighted by Gasteiger charge is 2.20. The van der Waals surface area contributed by atoms with Crippen LogP contribution in [0.15, 0.2) is 33.4 Å². The van der Waals surface area contributed by atoms with Gasteiger partial charge in [-0.25, -0.2) is 0 Å². The van der Waals surface area contributed by atoms with E-state index in [0.29, 0.717) is 0 Å². The first-order valence-corrected chi connectivity index (χ1v) is 10.7. The van der Waals surface area contributed by atoms with Crippen molar-refractivity contribution in [3.8, 4) is 0 Å². The van der Waals surface area contributed by atoms with Gasteiger partial charge in [0.1, 0.15) is 0 Å². The molecule has 1 aromatic carbocycles. The van der Waals surface area contributed by atoms with Gasteiger partial charge in [0.05, 0.1) is 0 Å². The highest BCUT2D eigenvalue weighted by Crippen LogP contribution is 2.33. The second-order valence-corrected chi connectivity index (χ2v) is 9.21. The molecule has 0 unspecified atom stereocenters. The van der Waals surface area contributed by atoms with E-state index < -0.39 is 0 Å². The first-order chi connectivity index (χ1) is 12.7. The number of hydrogen-bond acceptors (Lipinski definition) is 0. The Balaban J connectivity index is 0.000000416. The molecule has 158 valence electrons. The predicted octanol–water partition coefficient (Wildman–Crippen LogP) is 9.08. The molecule has 0 heteroatoms. The monoisotopic (exact) mass is 382 g/mol. The highest BCUT2D eigenvalue weighted by atomic mass is 14.3. The maximum absolute atomic E-state index is 2.26. The minimum atomic E-state index is 1.31. The second kappa shape index (κ2) is 11.4. The fourth-order valence-electron chi connectivity index (χ4n) is 2.97. The fraction of sp³-hybridized carbons (Fsp3) is 0.571. The van der Waals surface area contributed by atoms with Crippen LogP contribution in [-0.4, -0.2) is 0 Å². The molecular formula is C28H46. The summed E-state index contributed by atoms with van der Waals surface area (Å²) in [6.45, 7) is 30.5. The molecule has 0 saturated carbocycles. The number of fused-ring (bicyclic) bond motifs is 1. The summed E-state index contributed by atoms with van der Waals surface area (Å²) < 4.78 is 0. The van der Waals surface area contributed by atoms with Crippen LogP contribution in [0.5, 0.6) is 0 Å². The topological polar surface area (TPSA) is 0 Å². The van der Waals surface area contributed by atoms with Crippen LogP contribution >= 0.6 is 0 Å². The zero-order valence-electron chi connectivity index (χ0n) is 21.4. The zero-order chi connectivity index (χ0) is 22.3. The molecule has 0 heterocycles. The predicted molar refractivity (Wildman–Crippen MR) is 131 cm³/mol. The molecule has 0 N–H and O–H groups in total. The Hall–Kier alpha value is -1.56. The van der Waals surface area contributed by atoms with Crippen molar-refractivity contribution < 1.29 is 0 Å². The summed E-state index contributed by atoms with van der Waals surface area (Å²) in [6.07, 6.45) is 2.62. The summed E-state index contributed by atoms with van der Waals surface area (Å²) in [5, 5.41) is 0. The van der Waals surface area contributed by atoms with Crippen molar-refractivity contribution in [2.45, 2.75) is 110 Å². The zero-order valence-corrected chi connectivity index (χ0v) is 21.4. The number of hydrogen-bond donors (Lipinski definition) is 0. The van der Waals surface area contributed by atoms with Gasteiger partial charge in [-0.3, -0.25) is 0 Å². The molecule has 0 fully saturated rings. The van der Waals surface area contributed by atoms with E-state index in [1.54, 1.807) is 22.3 Å². The molecule has 0 bridgehead atoms. The van der Waals surface area contributed by atoms with Crippen molar-refractivity contribution in [3.63, 3.8) is 0 Å². The molecule has 1 aliphatic carbocycles. The average Bonchev–Trinajstić information content (AvgIpc) is 2.57. The Bertz CT molecular complexity index is 653. The van der Waals surface area contributed by atoms with E-state index in [2.05, 4.69) is 96.9 Å². The van der Waals surface area contributed by atoms with E-state index in [0.717, 1.165) is 0 Å². The van der Waals surface area contributed by atoms with Crippen LogP contribution in [0, 0.1) is 27.7 Å². The molecule has 0 aromatic heterocycles. The van der Waals surface area contributed by atoms with Crippen LogP contribution in [0.4, 0.5) is 0 Å². The van der Waals surface area contributed by atoms with Gasteiger partial charge in [-0.05, 0) is 154 Å². The summed E-state index contributed by atoms with van der Waals surface area (Å²) in [5.74, 6) is 0. The van der Waals surface area contributed by atoms with Gasteiger partial charge in [-0.2, -0.15) is 0 Å². The summed E-state index contributed by atoms with van der Waals surface area (Å²) in [7, 11) is 0. The van der Waals surface area contributed by atoms with Crippen LogP contribution in [0.3, 0.4) is 0 Å². The first-order valence-electron chi connectivity index (χ1n) is 10.7. The van der Waals surface area contributed by atoms with Crippen molar-refractivity contribution in [2.75, 3.05) is 0 Å². The van der Waals surface area contributed by atoms with Gasteiger partial charge < -0.3 is 0 Å². The van der Waals surface area contributed by atoms with Gasteiger partial charge in [0, 0.05) is 0 Å². The third-order valence-corrected chi connectivity index (χ3v) is 6.64.